The summed E-state index contributed by atoms with van der Waals surface area (Å²) >= 11 is 0. The van der Waals surface area contributed by atoms with E-state index in [4.69, 9.17) is 14.2 Å². The van der Waals surface area contributed by atoms with E-state index in [2.05, 4.69) is 130 Å². The molecule has 0 saturated heterocycles. The number of ether oxygens (including phenoxy) is 3. The average molecular weight is 1080 g/mol. The van der Waals surface area contributed by atoms with Crippen LogP contribution in [0.4, 0.5) is 0 Å². The summed E-state index contributed by atoms with van der Waals surface area (Å²) in [7, 11) is 0. The van der Waals surface area contributed by atoms with Crippen molar-refractivity contribution in [3.63, 3.8) is 0 Å². The van der Waals surface area contributed by atoms with Gasteiger partial charge >= 0.3 is 17.9 Å². The first-order valence-corrected chi connectivity index (χ1v) is 32.9. The van der Waals surface area contributed by atoms with Crippen LogP contribution < -0.4 is 0 Å². The van der Waals surface area contributed by atoms with Crippen molar-refractivity contribution in [1.29, 1.82) is 0 Å². The van der Waals surface area contributed by atoms with E-state index in [1.807, 2.05) is 0 Å². The molecule has 0 N–H and O–H groups in total. The molecule has 0 aromatic heterocycles. The van der Waals surface area contributed by atoms with Crippen molar-refractivity contribution >= 4 is 17.9 Å². The van der Waals surface area contributed by atoms with E-state index in [0.717, 1.165) is 122 Å². The summed E-state index contributed by atoms with van der Waals surface area (Å²) in [5.41, 5.74) is 0. The molecule has 0 bridgehead atoms. The predicted molar refractivity (Wildman–Crippen MR) is 339 cm³/mol. The molecule has 0 aliphatic heterocycles. The van der Waals surface area contributed by atoms with Gasteiger partial charge in [-0.3, -0.25) is 14.4 Å². The molecule has 446 valence electrons. The van der Waals surface area contributed by atoms with E-state index >= 15 is 0 Å². The minimum absolute atomic E-state index is 0.0820. The normalized spacial score (nSPS) is 12.8. The Morgan fingerprint density at radius 1 is 0.269 bits per heavy atom. The first kappa shape index (κ1) is 74.1. The molecule has 6 heteroatoms. The third-order valence-electron chi connectivity index (χ3n) is 14.0. The third-order valence-corrected chi connectivity index (χ3v) is 14.0. The maximum absolute atomic E-state index is 12.9. The number of allylic oxidation sites excluding steroid dienone is 18. The Hall–Kier alpha value is -3.93. The molecule has 1 atom stereocenters. The molecule has 0 aliphatic rings. The van der Waals surface area contributed by atoms with Crippen molar-refractivity contribution in [1.82, 2.24) is 0 Å². The highest BCUT2D eigenvalue weighted by Gasteiger charge is 2.19. The fourth-order valence-electron chi connectivity index (χ4n) is 9.10. The van der Waals surface area contributed by atoms with Gasteiger partial charge in [0.25, 0.3) is 0 Å². The second-order valence-electron chi connectivity index (χ2n) is 21.6. The Kier molecular flexibility index (Phi) is 62.3. The van der Waals surface area contributed by atoms with Crippen molar-refractivity contribution in [2.24, 2.45) is 0 Å². The quantitative estimate of drug-likeness (QED) is 0.0261. The van der Waals surface area contributed by atoms with E-state index in [0.29, 0.717) is 19.3 Å². The zero-order valence-corrected chi connectivity index (χ0v) is 51.2. The Bertz CT molecular complexity index is 1570. The molecule has 0 rings (SSSR count). The third kappa shape index (κ3) is 62.9. The second kappa shape index (κ2) is 65.6. The lowest BCUT2D eigenvalue weighted by molar-refractivity contribution is -0.167. The van der Waals surface area contributed by atoms with Gasteiger partial charge in [-0.25, -0.2) is 0 Å². The zero-order chi connectivity index (χ0) is 56.4. The molecule has 0 amide bonds. The number of hydrogen-bond acceptors (Lipinski definition) is 6. The predicted octanol–water partition coefficient (Wildman–Crippen LogP) is 22.6. The summed E-state index contributed by atoms with van der Waals surface area (Å²) in [5.74, 6) is -0.894. The maximum Gasteiger partial charge on any atom is 0.306 e. The van der Waals surface area contributed by atoms with Gasteiger partial charge in [-0.2, -0.15) is 0 Å². The van der Waals surface area contributed by atoms with Gasteiger partial charge in [0.1, 0.15) is 13.2 Å². The van der Waals surface area contributed by atoms with Crippen LogP contribution in [-0.2, 0) is 28.6 Å². The molecule has 78 heavy (non-hydrogen) atoms. The van der Waals surface area contributed by atoms with Gasteiger partial charge in [-0.05, 0) is 109 Å². The van der Waals surface area contributed by atoms with Crippen LogP contribution in [0.2, 0.25) is 0 Å². The summed E-state index contributed by atoms with van der Waals surface area (Å²) in [6.45, 7) is 6.49. The standard InChI is InChI=1S/C72H122O6/c1-4-7-10-13-16-19-21-23-25-27-29-31-32-33-34-35-36-37-38-39-40-42-43-45-47-49-51-53-56-59-62-65-71(74)77-68-69(67-76-70(73)64-61-58-55-18-15-12-9-6-3)78-72(75)66-63-60-57-54-52-50-48-46-44-41-30-28-26-24-22-20-17-14-11-8-5-2/h7,10,16,19,22-25,28-31,33-34,36-37,44,46,69H,4-6,8-9,11-15,17-18,20-21,26-27,32,35,38-43,45,47-68H2,1-3H3/b10-7-,19-16-,24-22-,25-23-,30-28-,31-29-,34-33-,37-36-,46-44-. The van der Waals surface area contributed by atoms with Crippen LogP contribution in [0.25, 0.3) is 0 Å². The Labute approximate surface area is 482 Å². The van der Waals surface area contributed by atoms with E-state index in [9.17, 15) is 14.4 Å². The van der Waals surface area contributed by atoms with E-state index in [1.54, 1.807) is 0 Å². The van der Waals surface area contributed by atoms with Crippen LogP contribution >= 0.6 is 0 Å². The van der Waals surface area contributed by atoms with Crippen molar-refractivity contribution in [2.75, 3.05) is 13.2 Å². The second-order valence-corrected chi connectivity index (χ2v) is 21.6. The smallest absolute Gasteiger partial charge is 0.306 e. The van der Waals surface area contributed by atoms with Crippen molar-refractivity contribution in [2.45, 2.75) is 316 Å². The SMILES string of the molecule is CC/C=C\C/C=C\C/C=C\C/C=C\C/C=C\C/C=C\CCCCCCCCCCCCCCC(=O)OCC(COC(=O)CCCCCCCCCC)OC(=O)CCCCCCCC/C=C\C/C=C\C/C=C\CCCCCCC. The number of carbonyl (C=O) groups excluding carboxylic acids is 3. The summed E-state index contributed by atoms with van der Waals surface area (Å²) in [5, 5.41) is 0. The lowest BCUT2D eigenvalue weighted by Gasteiger charge is -2.18. The van der Waals surface area contributed by atoms with Gasteiger partial charge in [-0.15, -0.1) is 0 Å². The average Bonchev–Trinajstić information content (AvgIpc) is 3.44. The zero-order valence-electron chi connectivity index (χ0n) is 51.2. The van der Waals surface area contributed by atoms with Crippen LogP contribution in [0.3, 0.4) is 0 Å². The van der Waals surface area contributed by atoms with E-state index < -0.39 is 6.10 Å². The van der Waals surface area contributed by atoms with Gasteiger partial charge in [0.2, 0.25) is 0 Å². The number of esters is 3. The Balaban J connectivity index is 4.17. The molecule has 0 aromatic carbocycles. The van der Waals surface area contributed by atoms with Crippen LogP contribution in [0.1, 0.15) is 310 Å². The number of carbonyl (C=O) groups is 3. The molecule has 0 saturated carbocycles. The summed E-state index contributed by atoms with van der Waals surface area (Å²) in [6, 6.07) is 0. The molecule has 0 heterocycles. The Morgan fingerprint density at radius 3 is 0.782 bits per heavy atom. The van der Waals surface area contributed by atoms with Crippen LogP contribution in [0.15, 0.2) is 109 Å². The number of hydrogen-bond donors (Lipinski definition) is 0. The molecule has 0 aromatic rings. The first-order valence-electron chi connectivity index (χ1n) is 32.9. The van der Waals surface area contributed by atoms with Crippen molar-refractivity contribution < 1.29 is 28.6 Å². The van der Waals surface area contributed by atoms with Crippen LogP contribution in [0, 0.1) is 0 Å². The molecular formula is C72H122O6. The highest BCUT2D eigenvalue weighted by molar-refractivity contribution is 5.71. The van der Waals surface area contributed by atoms with Crippen molar-refractivity contribution in [3.05, 3.63) is 109 Å². The molecule has 0 fully saturated rings. The van der Waals surface area contributed by atoms with Gasteiger partial charge < -0.3 is 14.2 Å². The van der Waals surface area contributed by atoms with Crippen LogP contribution in [0.5, 0.6) is 0 Å². The largest absolute Gasteiger partial charge is 0.462 e. The molecular weight excluding hydrogens is 961 g/mol. The lowest BCUT2D eigenvalue weighted by Crippen LogP contribution is -2.30. The lowest BCUT2D eigenvalue weighted by atomic mass is 10.0. The summed E-state index contributed by atoms with van der Waals surface area (Å²) in [6.07, 6.45) is 89.7. The monoisotopic (exact) mass is 1080 g/mol. The van der Waals surface area contributed by atoms with Gasteiger partial charge in [0.05, 0.1) is 0 Å². The van der Waals surface area contributed by atoms with E-state index in [-0.39, 0.29) is 31.1 Å². The number of unbranched alkanes of at least 4 members (excludes halogenated alkanes) is 30. The Morgan fingerprint density at radius 2 is 0.500 bits per heavy atom. The molecule has 0 aliphatic carbocycles. The fourth-order valence-corrected chi connectivity index (χ4v) is 9.10. The fraction of sp³-hybridized carbons (Fsp3) is 0.708. The van der Waals surface area contributed by atoms with E-state index in [1.165, 1.54) is 148 Å². The minimum Gasteiger partial charge on any atom is -0.462 e. The summed E-state index contributed by atoms with van der Waals surface area (Å²) < 4.78 is 16.9. The topological polar surface area (TPSA) is 78.9 Å². The van der Waals surface area contributed by atoms with Crippen LogP contribution in [-0.4, -0.2) is 37.2 Å². The first-order chi connectivity index (χ1) is 38.5. The highest BCUT2D eigenvalue weighted by Crippen LogP contribution is 2.16. The maximum atomic E-state index is 12.9. The highest BCUT2D eigenvalue weighted by atomic mass is 16.6. The number of rotatable bonds is 59. The van der Waals surface area contributed by atoms with Gasteiger partial charge in [0.15, 0.2) is 6.10 Å². The summed E-state index contributed by atoms with van der Waals surface area (Å²) in [4.78, 5) is 38.2. The minimum atomic E-state index is -0.785. The van der Waals surface area contributed by atoms with Gasteiger partial charge in [-0.1, -0.05) is 291 Å². The molecule has 6 nitrogen and oxygen atoms in total. The van der Waals surface area contributed by atoms with Gasteiger partial charge in [0, 0.05) is 19.3 Å². The van der Waals surface area contributed by atoms with Crippen molar-refractivity contribution in [3.8, 4) is 0 Å². The molecule has 0 spiro atoms. The molecule has 0 radical (unpaired) electrons. The molecule has 1 unspecified atom stereocenters.